The van der Waals surface area contributed by atoms with E-state index >= 15 is 0 Å². The number of ether oxygens (including phenoxy) is 1. The number of amidine groups is 1. The van der Waals surface area contributed by atoms with Gasteiger partial charge in [-0.15, -0.1) is 0 Å². The molecule has 0 aromatic carbocycles. The summed E-state index contributed by atoms with van der Waals surface area (Å²) in [5.41, 5.74) is -0.597. The van der Waals surface area contributed by atoms with E-state index in [1.165, 1.54) is 11.8 Å². The van der Waals surface area contributed by atoms with Crippen LogP contribution in [0.3, 0.4) is 0 Å². The lowest BCUT2D eigenvalue weighted by Crippen LogP contribution is -2.40. The van der Waals surface area contributed by atoms with Gasteiger partial charge in [0.2, 0.25) is 5.91 Å². The van der Waals surface area contributed by atoms with Crippen molar-refractivity contribution in [2.45, 2.75) is 46.6 Å². The summed E-state index contributed by atoms with van der Waals surface area (Å²) >= 11 is 1.28. The minimum atomic E-state index is -0.647. The van der Waals surface area contributed by atoms with E-state index in [2.05, 4.69) is 24.5 Å². The molecule has 0 heterocycles. The van der Waals surface area contributed by atoms with Gasteiger partial charge in [0.05, 0.1) is 0 Å². The number of alkyl carbamates (subject to hydrolysis) is 1. The zero-order valence-electron chi connectivity index (χ0n) is 12.8. The van der Waals surface area contributed by atoms with Crippen LogP contribution in [-0.2, 0) is 9.53 Å². The third kappa shape index (κ3) is 11.8. The molecule has 0 rings (SSSR count). The number of rotatable bonds is 5. The van der Waals surface area contributed by atoms with Gasteiger partial charge in [0.15, 0.2) is 5.17 Å². The lowest BCUT2D eigenvalue weighted by molar-refractivity contribution is -0.118. The minimum absolute atomic E-state index is 0.0987. The topological polar surface area (TPSA) is 91.3 Å². The second kappa shape index (κ2) is 8.84. The number of carbonyl (C=O) groups excluding carboxylic acids is 2. The van der Waals surface area contributed by atoms with Crippen LogP contribution >= 0.6 is 11.8 Å². The van der Waals surface area contributed by atoms with Crippen LogP contribution in [0.5, 0.6) is 0 Å². The molecule has 0 saturated heterocycles. The zero-order valence-corrected chi connectivity index (χ0v) is 13.6. The highest BCUT2D eigenvalue weighted by molar-refractivity contribution is 8.13. The second-order valence-corrected chi connectivity index (χ2v) is 6.87. The first-order chi connectivity index (χ1) is 9.10. The van der Waals surface area contributed by atoms with Crippen molar-refractivity contribution >= 4 is 28.9 Å². The predicted molar refractivity (Wildman–Crippen MR) is 82.0 cm³/mol. The maximum Gasteiger partial charge on any atom is 0.408 e. The van der Waals surface area contributed by atoms with E-state index in [0.717, 1.165) is 12.2 Å². The Morgan fingerprint density at radius 2 is 1.90 bits per heavy atom. The fourth-order valence-electron chi connectivity index (χ4n) is 1.07. The third-order valence-corrected chi connectivity index (χ3v) is 2.82. The predicted octanol–water partition coefficient (Wildman–Crippen LogP) is 2.34. The molecule has 0 saturated carbocycles. The number of hydrogen-bond donors (Lipinski definition) is 3. The normalized spacial score (nSPS) is 11.1. The first kappa shape index (κ1) is 18.8. The molecule has 0 aromatic heterocycles. The quantitative estimate of drug-likeness (QED) is 0.537. The van der Waals surface area contributed by atoms with Gasteiger partial charge in [0, 0.05) is 5.75 Å². The monoisotopic (exact) mass is 303 g/mol. The number of carbonyl (C=O) groups is 2. The Balaban J connectivity index is 3.83. The Kier molecular flexibility index (Phi) is 8.29. The highest BCUT2D eigenvalue weighted by atomic mass is 32.2. The van der Waals surface area contributed by atoms with Gasteiger partial charge in [-0.05, 0) is 33.1 Å². The molecule has 0 spiro atoms. The van der Waals surface area contributed by atoms with Crippen LogP contribution in [0.15, 0.2) is 0 Å². The van der Waals surface area contributed by atoms with Gasteiger partial charge in [0.25, 0.3) is 0 Å². The molecule has 0 aromatic rings. The van der Waals surface area contributed by atoms with Crippen molar-refractivity contribution in [1.82, 2.24) is 10.6 Å². The van der Waals surface area contributed by atoms with Crippen molar-refractivity contribution in [2.75, 3.05) is 12.3 Å². The molecule has 0 atom stereocenters. The summed E-state index contributed by atoms with van der Waals surface area (Å²) in [5, 5.41) is 12.4. The molecule has 0 aliphatic carbocycles. The van der Waals surface area contributed by atoms with Crippen LogP contribution in [0.4, 0.5) is 4.79 Å². The lowest BCUT2D eigenvalue weighted by atomic mass is 10.2. The van der Waals surface area contributed by atoms with Gasteiger partial charge in [0.1, 0.15) is 12.1 Å². The molecule has 2 amide bonds. The second-order valence-electron chi connectivity index (χ2n) is 5.76. The summed E-state index contributed by atoms with van der Waals surface area (Å²) in [6.45, 7) is 9.23. The van der Waals surface area contributed by atoms with Crippen LogP contribution in [0, 0.1) is 11.3 Å². The van der Waals surface area contributed by atoms with Crippen LogP contribution in [0.25, 0.3) is 0 Å². The highest BCUT2D eigenvalue weighted by Gasteiger charge is 2.16. The minimum Gasteiger partial charge on any atom is -0.444 e. The fourth-order valence-corrected chi connectivity index (χ4v) is 2.05. The summed E-state index contributed by atoms with van der Waals surface area (Å²) < 4.78 is 5.00. The summed E-state index contributed by atoms with van der Waals surface area (Å²) in [6.07, 6.45) is 0.339. The van der Waals surface area contributed by atoms with Crippen LogP contribution in [0.2, 0.25) is 0 Å². The standard InChI is InChI=1S/C13H25N3O3S/c1-9(2)6-7-20-11(14)16-10(17)8-15-12(18)19-13(3,4)5/h9H,6-8H2,1-5H3,(H,15,18)(H2,14,16,17). The molecule has 0 radical (unpaired) electrons. The van der Waals surface area contributed by atoms with Gasteiger partial charge in [-0.1, -0.05) is 25.6 Å². The van der Waals surface area contributed by atoms with Crippen molar-refractivity contribution in [3.8, 4) is 0 Å². The molecule has 7 heteroatoms. The molecular weight excluding hydrogens is 278 g/mol. The fraction of sp³-hybridized carbons (Fsp3) is 0.769. The van der Waals surface area contributed by atoms with E-state index in [9.17, 15) is 9.59 Å². The van der Waals surface area contributed by atoms with Gasteiger partial charge >= 0.3 is 6.09 Å². The molecule has 0 aliphatic rings. The third-order valence-electron chi connectivity index (χ3n) is 1.99. The SMILES string of the molecule is CC(C)CCSC(=N)NC(=O)CNC(=O)OC(C)(C)C. The lowest BCUT2D eigenvalue weighted by Gasteiger charge is -2.19. The van der Waals surface area contributed by atoms with Crippen molar-refractivity contribution < 1.29 is 14.3 Å². The maximum absolute atomic E-state index is 11.5. The molecule has 3 N–H and O–H groups in total. The first-order valence-electron chi connectivity index (χ1n) is 6.58. The number of hydrogen-bond acceptors (Lipinski definition) is 5. The summed E-state index contributed by atoms with van der Waals surface area (Å²) in [5.74, 6) is 0.925. The van der Waals surface area contributed by atoms with E-state index in [0.29, 0.717) is 5.92 Å². The molecule has 0 aliphatic heterocycles. The van der Waals surface area contributed by atoms with Crippen molar-refractivity contribution in [1.29, 1.82) is 5.41 Å². The van der Waals surface area contributed by atoms with Crippen molar-refractivity contribution in [2.24, 2.45) is 5.92 Å². The van der Waals surface area contributed by atoms with Crippen LogP contribution < -0.4 is 10.6 Å². The Morgan fingerprint density at radius 1 is 1.30 bits per heavy atom. The maximum atomic E-state index is 11.5. The molecule has 20 heavy (non-hydrogen) atoms. The number of nitrogens with one attached hydrogen (secondary N) is 3. The summed E-state index contributed by atoms with van der Waals surface area (Å²) in [6, 6.07) is 0. The summed E-state index contributed by atoms with van der Waals surface area (Å²) in [7, 11) is 0. The Bertz CT molecular complexity index is 351. The molecular formula is C13H25N3O3S. The zero-order chi connectivity index (χ0) is 15.8. The average molecular weight is 303 g/mol. The molecule has 116 valence electrons. The van der Waals surface area contributed by atoms with Crippen LogP contribution in [-0.4, -0.2) is 35.1 Å². The first-order valence-corrected chi connectivity index (χ1v) is 7.56. The average Bonchev–Trinajstić information content (AvgIpc) is 2.23. The molecule has 0 bridgehead atoms. The van der Waals surface area contributed by atoms with Gasteiger partial charge in [-0.2, -0.15) is 0 Å². The summed E-state index contributed by atoms with van der Waals surface area (Å²) in [4.78, 5) is 22.8. The number of thioether (sulfide) groups is 1. The van der Waals surface area contributed by atoms with E-state index in [-0.39, 0.29) is 11.7 Å². The van der Waals surface area contributed by atoms with E-state index < -0.39 is 17.6 Å². The Labute approximate surface area is 124 Å². The molecule has 6 nitrogen and oxygen atoms in total. The molecule has 0 fully saturated rings. The van der Waals surface area contributed by atoms with E-state index in [1.807, 2.05) is 0 Å². The van der Waals surface area contributed by atoms with E-state index in [4.69, 9.17) is 10.1 Å². The van der Waals surface area contributed by atoms with Crippen LogP contribution in [0.1, 0.15) is 41.0 Å². The Hall–Kier alpha value is -1.24. The number of amides is 2. The Morgan fingerprint density at radius 3 is 2.40 bits per heavy atom. The van der Waals surface area contributed by atoms with Gasteiger partial charge < -0.3 is 15.4 Å². The van der Waals surface area contributed by atoms with Crippen molar-refractivity contribution in [3.63, 3.8) is 0 Å². The van der Waals surface area contributed by atoms with Gasteiger partial charge in [-0.3, -0.25) is 10.2 Å². The smallest absolute Gasteiger partial charge is 0.408 e. The van der Waals surface area contributed by atoms with Gasteiger partial charge in [-0.25, -0.2) is 4.79 Å². The largest absolute Gasteiger partial charge is 0.444 e. The van der Waals surface area contributed by atoms with E-state index in [1.54, 1.807) is 20.8 Å². The van der Waals surface area contributed by atoms with Crippen molar-refractivity contribution in [3.05, 3.63) is 0 Å². The molecule has 0 unspecified atom stereocenters. The highest BCUT2D eigenvalue weighted by Crippen LogP contribution is 2.08.